The summed E-state index contributed by atoms with van der Waals surface area (Å²) in [5, 5.41) is 0. The largest absolute Gasteiger partial charge is 0.462 e. The number of carbonyl (C=O) groups is 3. The Labute approximate surface area is 477 Å². The van der Waals surface area contributed by atoms with Gasteiger partial charge in [0.1, 0.15) is 13.2 Å². The first-order valence-corrected chi connectivity index (χ1v) is 32.7. The minimum atomic E-state index is -0.788. The van der Waals surface area contributed by atoms with E-state index in [0.29, 0.717) is 19.3 Å². The lowest BCUT2D eigenvalue weighted by Crippen LogP contribution is -2.30. The van der Waals surface area contributed by atoms with Gasteiger partial charge in [-0.05, 0) is 116 Å². The predicted molar refractivity (Wildman–Crippen MR) is 334 cm³/mol. The number of hydrogen-bond acceptors (Lipinski definition) is 6. The van der Waals surface area contributed by atoms with Gasteiger partial charge >= 0.3 is 17.9 Å². The van der Waals surface area contributed by atoms with Gasteiger partial charge in [-0.3, -0.25) is 14.4 Å². The van der Waals surface area contributed by atoms with Crippen LogP contribution in [0.1, 0.15) is 316 Å². The summed E-state index contributed by atoms with van der Waals surface area (Å²) in [5.41, 5.74) is 0. The van der Waals surface area contributed by atoms with Crippen LogP contribution in [0.25, 0.3) is 0 Å². The summed E-state index contributed by atoms with van der Waals surface area (Å²) in [6, 6.07) is 0. The monoisotopic (exact) mass is 1070 g/mol. The van der Waals surface area contributed by atoms with Gasteiger partial charge < -0.3 is 14.2 Å². The van der Waals surface area contributed by atoms with Crippen LogP contribution in [0.2, 0.25) is 0 Å². The van der Waals surface area contributed by atoms with Crippen LogP contribution in [0.5, 0.6) is 0 Å². The fourth-order valence-electron chi connectivity index (χ4n) is 9.13. The van der Waals surface area contributed by atoms with Crippen LogP contribution in [0.15, 0.2) is 97.2 Å². The Hall–Kier alpha value is -3.67. The van der Waals surface area contributed by atoms with E-state index in [2.05, 4.69) is 118 Å². The van der Waals surface area contributed by atoms with E-state index in [1.54, 1.807) is 0 Å². The van der Waals surface area contributed by atoms with Gasteiger partial charge in [-0.2, -0.15) is 0 Å². The van der Waals surface area contributed by atoms with Gasteiger partial charge in [0.2, 0.25) is 0 Å². The standard InChI is InChI=1S/C71H122O6/c1-4-7-10-13-16-19-22-24-26-28-30-31-32-33-34-35-36-37-38-39-41-42-44-46-49-52-55-58-61-64-70(73)76-67-68(66-75-69(72)63-60-57-54-51-48-21-18-15-12-9-6-3)77-71(74)65-62-59-56-53-50-47-45-43-40-29-27-25-23-20-17-14-11-8-5-2/h7,10,15-20,24-27,30-31,40,43,68H,4-6,8-9,11-14,21-23,28-29,32-39,41-42,44-67H2,1-3H3/b10-7-,18-15-,19-16-,20-17-,26-24-,27-25-,31-30-,43-40-. The maximum Gasteiger partial charge on any atom is 0.306 e. The Morgan fingerprint density at radius 2 is 0.519 bits per heavy atom. The molecule has 0 heterocycles. The maximum absolute atomic E-state index is 12.9. The molecular weight excluding hydrogens is 949 g/mol. The lowest BCUT2D eigenvalue weighted by Gasteiger charge is -2.18. The molecule has 0 bridgehead atoms. The van der Waals surface area contributed by atoms with Crippen molar-refractivity contribution in [3.05, 3.63) is 97.2 Å². The first kappa shape index (κ1) is 73.3. The summed E-state index contributed by atoms with van der Waals surface area (Å²) >= 11 is 0. The minimum absolute atomic E-state index is 0.0836. The summed E-state index contributed by atoms with van der Waals surface area (Å²) in [7, 11) is 0. The third kappa shape index (κ3) is 63.0. The lowest BCUT2D eigenvalue weighted by molar-refractivity contribution is -0.167. The Kier molecular flexibility index (Phi) is 61.8. The van der Waals surface area contributed by atoms with Crippen molar-refractivity contribution >= 4 is 17.9 Å². The number of rotatable bonds is 59. The average Bonchev–Trinajstić information content (AvgIpc) is 3.43. The van der Waals surface area contributed by atoms with Crippen LogP contribution in [-0.2, 0) is 28.6 Å². The zero-order valence-electron chi connectivity index (χ0n) is 50.7. The van der Waals surface area contributed by atoms with Gasteiger partial charge in [0.15, 0.2) is 6.10 Å². The molecular formula is C71H122O6. The van der Waals surface area contributed by atoms with Crippen molar-refractivity contribution in [3.8, 4) is 0 Å². The highest BCUT2D eigenvalue weighted by Crippen LogP contribution is 2.16. The summed E-state index contributed by atoms with van der Waals surface area (Å²) in [5.74, 6) is -0.896. The van der Waals surface area contributed by atoms with Gasteiger partial charge in [-0.25, -0.2) is 0 Å². The molecule has 0 N–H and O–H groups in total. The summed E-state index contributed by atoms with van der Waals surface area (Å²) in [4.78, 5) is 38.3. The second kappa shape index (κ2) is 64.9. The average molecular weight is 1070 g/mol. The van der Waals surface area contributed by atoms with Crippen LogP contribution in [0, 0.1) is 0 Å². The second-order valence-electron chi connectivity index (χ2n) is 21.6. The van der Waals surface area contributed by atoms with Gasteiger partial charge in [-0.15, -0.1) is 0 Å². The van der Waals surface area contributed by atoms with Gasteiger partial charge in [0.25, 0.3) is 0 Å². The topological polar surface area (TPSA) is 78.9 Å². The number of esters is 3. The van der Waals surface area contributed by atoms with Crippen LogP contribution in [0.4, 0.5) is 0 Å². The minimum Gasteiger partial charge on any atom is -0.462 e. The smallest absolute Gasteiger partial charge is 0.306 e. The fraction of sp³-hybridized carbons (Fsp3) is 0.732. The maximum atomic E-state index is 12.9. The van der Waals surface area contributed by atoms with Crippen molar-refractivity contribution < 1.29 is 28.6 Å². The SMILES string of the molecule is CC/C=C\C/C=C\C/C=C\C/C=C\CCCCCCCCCCCCCCCCCCC(=O)OCC(COC(=O)CCCCCCC/C=C\CCCC)OC(=O)CCCCCCCC/C=C\C/C=C\C/C=C\CCCCC. The van der Waals surface area contributed by atoms with E-state index in [1.807, 2.05) is 0 Å². The Morgan fingerprint density at radius 1 is 0.273 bits per heavy atom. The normalized spacial score (nSPS) is 12.7. The van der Waals surface area contributed by atoms with Crippen molar-refractivity contribution in [3.63, 3.8) is 0 Å². The van der Waals surface area contributed by atoms with Gasteiger partial charge in [0, 0.05) is 19.3 Å². The molecule has 0 radical (unpaired) electrons. The van der Waals surface area contributed by atoms with Gasteiger partial charge in [0.05, 0.1) is 0 Å². The molecule has 0 aromatic rings. The number of unbranched alkanes of at least 4 members (excludes halogenated alkanes) is 32. The number of carbonyl (C=O) groups excluding carboxylic acids is 3. The molecule has 0 rings (SSSR count). The summed E-state index contributed by atoms with van der Waals surface area (Å²) < 4.78 is 16.9. The molecule has 0 aliphatic carbocycles. The second-order valence-corrected chi connectivity index (χ2v) is 21.6. The molecule has 0 saturated carbocycles. The highest BCUT2D eigenvalue weighted by atomic mass is 16.6. The van der Waals surface area contributed by atoms with E-state index >= 15 is 0 Å². The van der Waals surface area contributed by atoms with Crippen LogP contribution >= 0.6 is 0 Å². The zero-order chi connectivity index (χ0) is 55.7. The molecule has 1 atom stereocenters. The third-order valence-electron chi connectivity index (χ3n) is 14.0. The summed E-state index contributed by atoms with van der Waals surface area (Å²) in [6.07, 6.45) is 87.1. The van der Waals surface area contributed by atoms with E-state index in [-0.39, 0.29) is 31.1 Å². The number of allylic oxidation sites excluding steroid dienone is 16. The molecule has 0 aromatic carbocycles. The van der Waals surface area contributed by atoms with E-state index in [4.69, 9.17) is 14.2 Å². The molecule has 1 unspecified atom stereocenters. The molecule has 0 aliphatic heterocycles. The van der Waals surface area contributed by atoms with Crippen LogP contribution in [-0.4, -0.2) is 37.2 Å². The van der Waals surface area contributed by atoms with E-state index in [0.717, 1.165) is 116 Å². The molecule has 0 saturated heterocycles. The highest BCUT2D eigenvalue weighted by molar-refractivity contribution is 5.71. The van der Waals surface area contributed by atoms with Crippen molar-refractivity contribution in [2.75, 3.05) is 13.2 Å². The molecule has 77 heavy (non-hydrogen) atoms. The van der Waals surface area contributed by atoms with Gasteiger partial charge in [-0.1, -0.05) is 279 Å². The molecule has 6 nitrogen and oxygen atoms in total. The molecule has 0 spiro atoms. The Bertz CT molecular complexity index is 1510. The van der Waals surface area contributed by atoms with Crippen molar-refractivity contribution in [2.24, 2.45) is 0 Å². The quantitative estimate of drug-likeness (QED) is 0.0261. The molecule has 0 amide bonds. The first-order chi connectivity index (χ1) is 38.0. The van der Waals surface area contributed by atoms with Crippen LogP contribution < -0.4 is 0 Å². The van der Waals surface area contributed by atoms with Crippen LogP contribution in [0.3, 0.4) is 0 Å². The Balaban J connectivity index is 4.22. The highest BCUT2D eigenvalue weighted by Gasteiger charge is 2.19. The molecule has 6 heteroatoms. The third-order valence-corrected chi connectivity index (χ3v) is 14.0. The fourth-order valence-corrected chi connectivity index (χ4v) is 9.13. The molecule has 0 fully saturated rings. The van der Waals surface area contributed by atoms with Crippen molar-refractivity contribution in [2.45, 2.75) is 322 Å². The zero-order valence-corrected chi connectivity index (χ0v) is 50.7. The molecule has 0 aliphatic rings. The predicted octanol–water partition coefficient (Wildman–Crippen LogP) is 22.4. The van der Waals surface area contributed by atoms with Crippen molar-refractivity contribution in [1.82, 2.24) is 0 Å². The Morgan fingerprint density at radius 3 is 0.844 bits per heavy atom. The van der Waals surface area contributed by atoms with E-state index < -0.39 is 6.10 Å². The summed E-state index contributed by atoms with van der Waals surface area (Å²) in [6.45, 7) is 6.47. The van der Waals surface area contributed by atoms with E-state index in [1.165, 1.54) is 161 Å². The molecule has 442 valence electrons. The van der Waals surface area contributed by atoms with Crippen molar-refractivity contribution in [1.29, 1.82) is 0 Å². The number of hydrogen-bond donors (Lipinski definition) is 0. The number of ether oxygens (including phenoxy) is 3. The first-order valence-electron chi connectivity index (χ1n) is 32.7. The van der Waals surface area contributed by atoms with E-state index in [9.17, 15) is 14.4 Å². The molecule has 0 aromatic heterocycles. The lowest BCUT2D eigenvalue weighted by atomic mass is 10.0.